The fourth-order valence-corrected chi connectivity index (χ4v) is 5.40. The van der Waals surface area contributed by atoms with Gasteiger partial charge in [-0.25, -0.2) is 0 Å². The van der Waals surface area contributed by atoms with Crippen molar-refractivity contribution in [3.63, 3.8) is 0 Å². The van der Waals surface area contributed by atoms with Crippen molar-refractivity contribution in [2.45, 2.75) is 71.1 Å². The zero-order chi connectivity index (χ0) is 14.5. The Kier molecular flexibility index (Phi) is 6.48. The van der Waals surface area contributed by atoms with E-state index in [-0.39, 0.29) is 6.04 Å². The number of hydrogen-bond acceptors (Lipinski definition) is 4. The number of rotatable bonds is 7. The molecular formula is C13H27NO4P. The van der Waals surface area contributed by atoms with Crippen LogP contribution in [0.4, 0.5) is 0 Å². The Balaban J connectivity index is 3.15. The van der Waals surface area contributed by atoms with Crippen LogP contribution in [0, 0.1) is 0 Å². The van der Waals surface area contributed by atoms with Crippen molar-refractivity contribution in [2.75, 3.05) is 13.2 Å². The van der Waals surface area contributed by atoms with Crippen LogP contribution in [0.3, 0.4) is 0 Å². The second-order valence-electron chi connectivity index (χ2n) is 5.30. The maximum atomic E-state index is 13.2. The first-order chi connectivity index (χ1) is 8.93. The van der Waals surface area contributed by atoms with Gasteiger partial charge in [-0.3, -0.25) is 4.57 Å². The first-order valence-electron chi connectivity index (χ1n) is 7.29. The van der Waals surface area contributed by atoms with Crippen LogP contribution in [0.15, 0.2) is 0 Å². The highest BCUT2D eigenvalue weighted by Crippen LogP contribution is 2.66. The zero-order valence-corrected chi connectivity index (χ0v) is 13.4. The molecule has 0 aliphatic heterocycles. The molecule has 1 radical (unpaired) electrons. The zero-order valence-electron chi connectivity index (χ0n) is 12.6. The highest BCUT2D eigenvalue weighted by molar-refractivity contribution is 7.55. The van der Waals surface area contributed by atoms with Crippen molar-refractivity contribution in [3.05, 3.63) is 0 Å². The van der Waals surface area contributed by atoms with Crippen molar-refractivity contribution >= 4 is 7.60 Å². The third kappa shape index (κ3) is 3.40. The first kappa shape index (κ1) is 17.1. The van der Waals surface area contributed by atoms with Crippen molar-refractivity contribution in [1.82, 2.24) is 5.06 Å². The summed E-state index contributed by atoms with van der Waals surface area (Å²) >= 11 is 0. The van der Waals surface area contributed by atoms with E-state index in [9.17, 15) is 9.77 Å². The van der Waals surface area contributed by atoms with Gasteiger partial charge >= 0.3 is 7.60 Å². The Bertz CT molecular complexity index is 306. The summed E-state index contributed by atoms with van der Waals surface area (Å²) in [6.45, 7) is 7.81. The number of hydroxylamine groups is 2. The van der Waals surface area contributed by atoms with Crippen molar-refractivity contribution in [2.24, 2.45) is 0 Å². The van der Waals surface area contributed by atoms with Gasteiger partial charge in [-0.05, 0) is 40.5 Å². The quantitative estimate of drug-likeness (QED) is 0.526. The largest absolute Gasteiger partial charge is 0.353 e. The van der Waals surface area contributed by atoms with Crippen molar-refractivity contribution in [3.8, 4) is 0 Å². The lowest BCUT2D eigenvalue weighted by Gasteiger charge is -2.45. The molecule has 0 spiro atoms. The van der Waals surface area contributed by atoms with Crippen LogP contribution in [0.25, 0.3) is 0 Å². The summed E-state index contributed by atoms with van der Waals surface area (Å²) in [5, 5.41) is 12.6. The van der Waals surface area contributed by atoms with Gasteiger partial charge in [-0.1, -0.05) is 19.3 Å². The van der Waals surface area contributed by atoms with Crippen LogP contribution in [0.2, 0.25) is 0 Å². The van der Waals surface area contributed by atoms with Gasteiger partial charge in [0, 0.05) is 6.04 Å². The van der Waals surface area contributed by atoms with Crippen LogP contribution >= 0.6 is 7.60 Å². The average Bonchev–Trinajstić information content (AvgIpc) is 2.39. The average molecular weight is 292 g/mol. The Labute approximate surface area is 116 Å². The normalized spacial score (nSPS) is 20.2. The van der Waals surface area contributed by atoms with Gasteiger partial charge < -0.3 is 9.05 Å². The minimum absolute atomic E-state index is 0.229. The van der Waals surface area contributed by atoms with Gasteiger partial charge in [0.05, 0.1) is 13.2 Å². The molecule has 19 heavy (non-hydrogen) atoms. The van der Waals surface area contributed by atoms with Gasteiger partial charge in [-0.15, -0.1) is 10.3 Å². The van der Waals surface area contributed by atoms with E-state index in [1.54, 1.807) is 13.8 Å². The molecule has 1 fully saturated rings. The molecule has 1 rings (SSSR count). The number of nitrogens with zero attached hydrogens (tertiary/aromatic N) is 1. The Morgan fingerprint density at radius 1 is 1.11 bits per heavy atom. The maximum absolute atomic E-state index is 13.2. The van der Waals surface area contributed by atoms with Gasteiger partial charge in [0.2, 0.25) is 0 Å². The van der Waals surface area contributed by atoms with E-state index >= 15 is 0 Å². The molecule has 0 aromatic heterocycles. The summed E-state index contributed by atoms with van der Waals surface area (Å²) in [6.07, 6.45) is 4.05. The van der Waals surface area contributed by atoms with Crippen LogP contribution in [0.5, 0.6) is 0 Å². The first-order valence-corrected chi connectivity index (χ1v) is 8.83. The molecule has 0 heterocycles. The number of hydrogen-bond donors (Lipinski definition) is 0. The molecule has 0 bridgehead atoms. The van der Waals surface area contributed by atoms with E-state index in [1.807, 2.05) is 13.8 Å². The highest BCUT2D eigenvalue weighted by Gasteiger charge is 2.56. The van der Waals surface area contributed by atoms with Gasteiger partial charge in [0.15, 0.2) is 5.28 Å². The van der Waals surface area contributed by atoms with Crippen LogP contribution in [0.1, 0.15) is 59.8 Å². The van der Waals surface area contributed by atoms with E-state index in [0.29, 0.717) is 26.1 Å². The topological polar surface area (TPSA) is 58.7 Å². The third-order valence-electron chi connectivity index (χ3n) is 3.64. The van der Waals surface area contributed by atoms with Crippen LogP contribution < -0.4 is 0 Å². The van der Waals surface area contributed by atoms with Crippen molar-refractivity contribution in [1.29, 1.82) is 0 Å². The summed E-state index contributed by atoms with van der Waals surface area (Å²) in [6, 6.07) is -0.229. The molecule has 1 aliphatic carbocycles. The summed E-state index contributed by atoms with van der Waals surface area (Å²) in [7, 11) is -3.42. The minimum atomic E-state index is -3.42. The standard InChI is InChI=1S/C13H27NO4P/c1-5-17-19(16,18-6-2)13(14(15)12(3)4)10-8-7-9-11-13/h12H,5-11H2,1-4H3. The lowest BCUT2D eigenvalue weighted by Crippen LogP contribution is -2.51. The molecule has 0 amide bonds. The predicted molar refractivity (Wildman–Crippen MR) is 74.3 cm³/mol. The van der Waals surface area contributed by atoms with E-state index in [0.717, 1.165) is 24.3 Å². The molecule has 113 valence electrons. The van der Waals surface area contributed by atoms with Crippen LogP contribution in [-0.2, 0) is 18.8 Å². The van der Waals surface area contributed by atoms with Crippen molar-refractivity contribution < 1.29 is 18.8 Å². The monoisotopic (exact) mass is 292 g/mol. The molecule has 0 N–H and O–H groups in total. The van der Waals surface area contributed by atoms with E-state index in [4.69, 9.17) is 9.05 Å². The van der Waals surface area contributed by atoms with E-state index < -0.39 is 12.9 Å². The molecule has 0 atom stereocenters. The third-order valence-corrected chi connectivity index (χ3v) is 6.50. The molecule has 0 unspecified atom stereocenters. The lowest BCUT2D eigenvalue weighted by atomic mass is 9.94. The maximum Gasteiger partial charge on any atom is 0.353 e. The predicted octanol–water partition coefficient (Wildman–Crippen LogP) is 3.97. The molecule has 1 aliphatic rings. The molecule has 0 saturated heterocycles. The molecule has 1 saturated carbocycles. The second-order valence-corrected chi connectivity index (χ2v) is 7.64. The van der Waals surface area contributed by atoms with Gasteiger partial charge in [-0.2, -0.15) is 0 Å². The lowest BCUT2D eigenvalue weighted by molar-refractivity contribution is -0.234. The Morgan fingerprint density at radius 2 is 1.58 bits per heavy atom. The minimum Gasteiger partial charge on any atom is -0.308 e. The van der Waals surface area contributed by atoms with Gasteiger partial charge in [0.25, 0.3) is 0 Å². The van der Waals surface area contributed by atoms with Crippen LogP contribution in [-0.4, -0.2) is 29.6 Å². The van der Waals surface area contributed by atoms with E-state index in [2.05, 4.69) is 0 Å². The Hall–Kier alpha value is 0.0700. The molecule has 0 aromatic rings. The van der Waals surface area contributed by atoms with E-state index in [1.165, 1.54) is 0 Å². The summed E-state index contributed by atoms with van der Waals surface area (Å²) in [4.78, 5) is 0. The molecule has 0 aromatic carbocycles. The Morgan fingerprint density at radius 3 is 1.95 bits per heavy atom. The summed E-state index contributed by atoms with van der Waals surface area (Å²) < 4.78 is 24.1. The summed E-state index contributed by atoms with van der Waals surface area (Å²) in [5.41, 5.74) is 0. The molecule has 6 heteroatoms. The van der Waals surface area contributed by atoms with Gasteiger partial charge in [0.1, 0.15) is 0 Å². The highest BCUT2D eigenvalue weighted by atomic mass is 31.2. The summed E-state index contributed by atoms with van der Waals surface area (Å²) in [5.74, 6) is 0. The molecular weight excluding hydrogens is 265 g/mol. The fraction of sp³-hybridized carbons (Fsp3) is 1.00. The molecule has 5 nitrogen and oxygen atoms in total. The SMILES string of the molecule is CCOP(=O)(OCC)C1(N([O])C(C)C)CCCCC1. The fourth-order valence-electron chi connectivity index (χ4n) is 2.83. The smallest absolute Gasteiger partial charge is 0.308 e. The second kappa shape index (κ2) is 7.19.